The molecule has 2 amide bonds. The van der Waals surface area contributed by atoms with Crippen molar-refractivity contribution in [2.45, 2.75) is 37.7 Å². The van der Waals surface area contributed by atoms with Gasteiger partial charge in [-0.1, -0.05) is 0 Å². The molecule has 1 aliphatic carbocycles. The van der Waals surface area contributed by atoms with Crippen LogP contribution >= 0.6 is 0 Å². The van der Waals surface area contributed by atoms with E-state index in [9.17, 15) is 14.4 Å². The van der Waals surface area contributed by atoms with Gasteiger partial charge < -0.3 is 19.6 Å². The van der Waals surface area contributed by atoms with E-state index in [4.69, 9.17) is 9.84 Å². The van der Waals surface area contributed by atoms with E-state index in [2.05, 4.69) is 0 Å². The van der Waals surface area contributed by atoms with Crippen molar-refractivity contribution in [3.63, 3.8) is 0 Å². The van der Waals surface area contributed by atoms with Crippen LogP contribution in [0.3, 0.4) is 0 Å². The molecule has 1 atom stereocenters. The van der Waals surface area contributed by atoms with E-state index in [0.29, 0.717) is 32.2 Å². The average Bonchev–Trinajstić information content (AvgIpc) is 2.46. The fourth-order valence-electron chi connectivity index (χ4n) is 3.13. The molecular formula is C15H24N2O5. The summed E-state index contributed by atoms with van der Waals surface area (Å²) in [5.74, 6) is -1.74. The highest BCUT2D eigenvalue weighted by Gasteiger charge is 2.46. The van der Waals surface area contributed by atoms with E-state index in [1.807, 2.05) is 0 Å². The quantitative estimate of drug-likeness (QED) is 0.791. The first-order valence-corrected chi connectivity index (χ1v) is 7.71. The lowest BCUT2D eigenvalue weighted by molar-refractivity contribution is -0.166. The number of carboxylic acids is 1. The number of ether oxygens (including phenoxy) is 1. The highest BCUT2D eigenvalue weighted by Crippen LogP contribution is 2.36. The minimum absolute atomic E-state index is 0.0315. The summed E-state index contributed by atoms with van der Waals surface area (Å²) in [4.78, 5) is 38.7. The van der Waals surface area contributed by atoms with Crippen molar-refractivity contribution in [2.75, 3.05) is 33.8 Å². The minimum atomic E-state index is -0.866. The molecule has 1 heterocycles. The Balaban J connectivity index is 1.90. The molecule has 0 radical (unpaired) electrons. The number of hydrogen-bond donors (Lipinski definition) is 1. The van der Waals surface area contributed by atoms with E-state index in [1.54, 1.807) is 11.9 Å². The van der Waals surface area contributed by atoms with Crippen LogP contribution in [0.25, 0.3) is 0 Å². The van der Waals surface area contributed by atoms with Gasteiger partial charge in [-0.2, -0.15) is 0 Å². The average molecular weight is 312 g/mol. The highest BCUT2D eigenvalue weighted by molar-refractivity contribution is 5.90. The van der Waals surface area contributed by atoms with Crippen molar-refractivity contribution in [1.82, 2.24) is 9.80 Å². The maximum absolute atomic E-state index is 12.4. The van der Waals surface area contributed by atoms with Crippen LogP contribution in [0.5, 0.6) is 0 Å². The largest absolute Gasteiger partial charge is 0.481 e. The third-order valence-electron chi connectivity index (χ3n) is 4.78. The summed E-state index contributed by atoms with van der Waals surface area (Å²) in [7, 11) is 3.12. The smallest absolute Gasteiger partial charge is 0.308 e. The number of methoxy groups -OCH3 is 1. The number of likely N-dealkylation sites (tertiary alicyclic amines) is 1. The molecule has 124 valence electrons. The summed E-state index contributed by atoms with van der Waals surface area (Å²) in [6.07, 6.45) is 3.61. The summed E-state index contributed by atoms with van der Waals surface area (Å²) in [6, 6.07) is 0. The standard InChI is InChI=1S/C15H24N2O5/c1-16(14(21)15(22-2)6-4-7-15)10-12(18)17-8-3-5-11(9-17)13(19)20/h11H,3-10H2,1-2H3,(H,19,20). The van der Waals surface area contributed by atoms with Crippen molar-refractivity contribution < 1.29 is 24.2 Å². The molecule has 7 heteroatoms. The Morgan fingerprint density at radius 1 is 1.32 bits per heavy atom. The van der Waals surface area contributed by atoms with Gasteiger partial charge in [0.05, 0.1) is 12.5 Å². The van der Waals surface area contributed by atoms with Crippen LogP contribution in [-0.2, 0) is 19.1 Å². The molecular weight excluding hydrogens is 288 g/mol. The minimum Gasteiger partial charge on any atom is -0.481 e. The predicted octanol–water partition coefficient (Wildman–Crippen LogP) is 0.337. The van der Waals surface area contributed by atoms with E-state index >= 15 is 0 Å². The number of aliphatic carboxylic acids is 1. The first-order chi connectivity index (χ1) is 10.4. The maximum atomic E-state index is 12.4. The van der Waals surface area contributed by atoms with Crippen molar-refractivity contribution in [3.8, 4) is 0 Å². The Hall–Kier alpha value is -1.63. The summed E-state index contributed by atoms with van der Waals surface area (Å²) in [6.45, 7) is 0.752. The molecule has 1 unspecified atom stereocenters. The van der Waals surface area contributed by atoms with Gasteiger partial charge in [-0.05, 0) is 32.1 Å². The van der Waals surface area contributed by atoms with E-state index in [0.717, 1.165) is 6.42 Å². The SMILES string of the molecule is COC1(C(=O)N(C)CC(=O)N2CCCC(C(=O)O)C2)CCC1. The molecule has 2 rings (SSSR count). The predicted molar refractivity (Wildman–Crippen MR) is 78.2 cm³/mol. The van der Waals surface area contributed by atoms with E-state index in [1.165, 1.54) is 12.0 Å². The Labute approximate surface area is 130 Å². The van der Waals surface area contributed by atoms with Crippen LogP contribution in [0.1, 0.15) is 32.1 Å². The van der Waals surface area contributed by atoms with Crippen LogP contribution < -0.4 is 0 Å². The first kappa shape index (κ1) is 16.7. The Kier molecular flexibility index (Phi) is 5.05. The molecule has 1 saturated heterocycles. The fourth-order valence-corrected chi connectivity index (χ4v) is 3.13. The van der Waals surface area contributed by atoms with Crippen LogP contribution in [0.2, 0.25) is 0 Å². The number of rotatable bonds is 5. The molecule has 0 bridgehead atoms. The molecule has 1 saturated carbocycles. The van der Waals surface area contributed by atoms with Crippen LogP contribution in [-0.4, -0.2) is 72.1 Å². The highest BCUT2D eigenvalue weighted by atomic mass is 16.5. The van der Waals surface area contributed by atoms with Gasteiger partial charge in [0.1, 0.15) is 5.60 Å². The van der Waals surface area contributed by atoms with Crippen LogP contribution in [0.4, 0.5) is 0 Å². The normalized spacial score (nSPS) is 23.5. The fraction of sp³-hybridized carbons (Fsp3) is 0.800. The van der Waals surface area contributed by atoms with Crippen molar-refractivity contribution in [1.29, 1.82) is 0 Å². The van der Waals surface area contributed by atoms with E-state index < -0.39 is 17.5 Å². The van der Waals surface area contributed by atoms with Crippen molar-refractivity contribution in [2.24, 2.45) is 5.92 Å². The molecule has 2 fully saturated rings. The lowest BCUT2D eigenvalue weighted by Gasteiger charge is -2.41. The number of piperidine rings is 1. The second kappa shape index (κ2) is 6.64. The number of amides is 2. The lowest BCUT2D eigenvalue weighted by atomic mass is 9.79. The third kappa shape index (κ3) is 3.24. The van der Waals surface area contributed by atoms with E-state index in [-0.39, 0.29) is 24.9 Å². The van der Waals surface area contributed by atoms with Gasteiger partial charge in [-0.15, -0.1) is 0 Å². The Morgan fingerprint density at radius 2 is 2.00 bits per heavy atom. The number of carboxylic acid groups (broad SMARTS) is 1. The van der Waals surface area contributed by atoms with Gasteiger partial charge in [0.15, 0.2) is 0 Å². The maximum Gasteiger partial charge on any atom is 0.308 e. The monoisotopic (exact) mass is 312 g/mol. The number of hydrogen-bond acceptors (Lipinski definition) is 4. The molecule has 0 aromatic heterocycles. The van der Waals surface area contributed by atoms with Gasteiger partial charge in [-0.3, -0.25) is 14.4 Å². The van der Waals surface area contributed by atoms with Gasteiger partial charge in [-0.25, -0.2) is 0 Å². The molecule has 0 aromatic carbocycles. The number of nitrogens with zero attached hydrogens (tertiary/aromatic N) is 2. The lowest BCUT2D eigenvalue weighted by Crippen LogP contribution is -2.55. The molecule has 0 spiro atoms. The van der Waals surface area contributed by atoms with Crippen molar-refractivity contribution in [3.05, 3.63) is 0 Å². The zero-order valence-electron chi connectivity index (χ0n) is 13.2. The summed E-state index contributed by atoms with van der Waals surface area (Å²) in [5, 5.41) is 9.07. The van der Waals surface area contributed by atoms with Crippen molar-refractivity contribution >= 4 is 17.8 Å². The van der Waals surface area contributed by atoms with Gasteiger partial charge in [0.25, 0.3) is 5.91 Å². The van der Waals surface area contributed by atoms with Crippen LogP contribution in [0.15, 0.2) is 0 Å². The topological polar surface area (TPSA) is 87.2 Å². The summed E-state index contributed by atoms with van der Waals surface area (Å²) < 4.78 is 5.34. The Bertz CT molecular complexity index is 455. The Morgan fingerprint density at radius 3 is 2.50 bits per heavy atom. The first-order valence-electron chi connectivity index (χ1n) is 7.71. The molecule has 1 N–H and O–H groups in total. The van der Waals surface area contributed by atoms with Gasteiger partial charge in [0.2, 0.25) is 5.91 Å². The second-order valence-corrected chi connectivity index (χ2v) is 6.23. The number of carbonyl (C=O) groups is 3. The zero-order chi connectivity index (χ0) is 16.3. The molecule has 1 aliphatic heterocycles. The molecule has 22 heavy (non-hydrogen) atoms. The second-order valence-electron chi connectivity index (χ2n) is 6.23. The number of likely N-dealkylation sites (N-methyl/N-ethyl adjacent to an activating group) is 1. The summed E-state index contributed by atoms with van der Waals surface area (Å²) in [5.41, 5.74) is -0.763. The number of carbonyl (C=O) groups excluding carboxylic acids is 2. The molecule has 7 nitrogen and oxygen atoms in total. The zero-order valence-corrected chi connectivity index (χ0v) is 13.2. The van der Waals surface area contributed by atoms with Gasteiger partial charge in [0, 0.05) is 27.2 Å². The molecule has 2 aliphatic rings. The van der Waals surface area contributed by atoms with Crippen LogP contribution in [0, 0.1) is 5.92 Å². The molecule has 0 aromatic rings. The third-order valence-corrected chi connectivity index (χ3v) is 4.78. The van der Waals surface area contributed by atoms with Gasteiger partial charge >= 0.3 is 5.97 Å². The summed E-state index contributed by atoms with van der Waals surface area (Å²) >= 11 is 0.